The highest BCUT2D eigenvalue weighted by Gasteiger charge is 2.41. The molecule has 14 heavy (non-hydrogen) atoms. The Hall–Kier alpha value is -0.0800. The third-order valence-electron chi connectivity index (χ3n) is 4.05. The number of nitrogens with one attached hydrogen (secondary N) is 1. The van der Waals surface area contributed by atoms with E-state index < -0.39 is 0 Å². The lowest BCUT2D eigenvalue weighted by Gasteiger charge is -2.48. The third kappa shape index (κ3) is 2.48. The molecule has 0 saturated carbocycles. The number of piperidine rings is 1. The maximum Gasteiger partial charge on any atom is 0.00318 e. The molecule has 84 valence electrons. The molecule has 1 rings (SSSR count). The summed E-state index contributed by atoms with van der Waals surface area (Å²) in [4.78, 5) is 2.31. The molecule has 0 atom stereocenters. The Morgan fingerprint density at radius 3 is 2.14 bits per heavy atom. The average molecular weight is 198 g/mol. The van der Waals surface area contributed by atoms with Gasteiger partial charge >= 0.3 is 0 Å². The van der Waals surface area contributed by atoms with Crippen LogP contribution >= 0.6 is 0 Å². The molecule has 0 aromatic carbocycles. The van der Waals surface area contributed by atoms with Crippen molar-refractivity contribution in [3.8, 4) is 0 Å². The molecule has 1 N–H and O–H groups in total. The van der Waals surface area contributed by atoms with Crippen molar-refractivity contribution < 1.29 is 0 Å². The number of nitrogens with zero attached hydrogens (tertiary/aromatic N) is 1. The van der Waals surface area contributed by atoms with Crippen LogP contribution in [0, 0.1) is 10.8 Å². The summed E-state index contributed by atoms with van der Waals surface area (Å²) in [6.45, 7) is 10.8. The van der Waals surface area contributed by atoms with Crippen molar-refractivity contribution in [1.82, 2.24) is 10.2 Å². The molecule has 0 amide bonds. The fourth-order valence-corrected chi connectivity index (χ4v) is 2.64. The van der Waals surface area contributed by atoms with Crippen LogP contribution in [0.25, 0.3) is 0 Å². The van der Waals surface area contributed by atoms with Crippen LogP contribution in [0.15, 0.2) is 0 Å². The van der Waals surface area contributed by atoms with Crippen LogP contribution in [0.3, 0.4) is 0 Å². The zero-order valence-corrected chi connectivity index (χ0v) is 10.5. The van der Waals surface area contributed by atoms with Gasteiger partial charge in [-0.2, -0.15) is 0 Å². The minimum atomic E-state index is 0.415. The molecule has 0 unspecified atom stereocenters. The Morgan fingerprint density at radius 1 is 1.21 bits per heavy atom. The molecule has 1 heterocycles. The van der Waals surface area contributed by atoms with Gasteiger partial charge in [-0.3, -0.25) is 0 Å². The van der Waals surface area contributed by atoms with Crippen LogP contribution in [-0.2, 0) is 0 Å². The molecule has 0 radical (unpaired) electrons. The topological polar surface area (TPSA) is 15.3 Å². The summed E-state index contributed by atoms with van der Waals surface area (Å²) >= 11 is 0. The van der Waals surface area contributed by atoms with Gasteiger partial charge in [0.1, 0.15) is 0 Å². The van der Waals surface area contributed by atoms with E-state index in [0.29, 0.717) is 10.8 Å². The molecular formula is C12H26N2. The molecule has 0 aromatic heterocycles. The lowest BCUT2D eigenvalue weighted by atomic mass is 9.62. The largest absolute Gasteiger partial charge is 0.317 e. The summed E-state index contributed by atoms with van der Waals surface area (Å²) in [5.41, 5.74) is 0.918. The van der Waals surface area contributed by atoms with Gasteiger partial charge in [0.2, 0.25) is 0 Å². The van der Waals surface area contributed by atoms with Crippen molar-refractivity contribution in [3.05, 3.63) is 0 Å². The van der Waals surface area contributed by atoms with E-state index in [1.165, 1.54) is 32.5 Å². The van der Waals surface area contributed by atoms with Crippen molar-refractivity contribution >= 4 is 0 Å². The van der Waals surface area contributed by atoms with Gasteiger partial charge in [0.15, 0.2) is 0 Å². The van der Waals surface area contributed by atoms with Crippen LogP contribution < -0.4 is 5.32 Å². The van der Waals surface area contributed by atoms with E-state index in [9.17, 15) is 0 Å². The molecule has 1 aliphatic heterocycles. The van der Waals surface area contributed by atoms with E-state index in [0.717, 1.165) is 0 Å². The van der Waals surface area contributed by atoms with Gasteiger partial charge in [-0.15, -0.1) is 0 Å². The van der Waals surface area contributed by atoms with Crippen LogP contribution in [-0.4, -0.2) is 38.6 Å². The Morgan fingerprint density at radius 2 is 1.71 bits per heavy atom. The molecule has 0 bridgehead atoms. The fourth-order valence-electron chi connectivity index (χ4n) is 2.64. The number of hydrogen-bond donors (Lipinski definition) is 1. The first kappa shape index (κ1) is 12.0. The van der Waals surface area contributed by atoms with E-state index in [2.05, 4.69) is 45.1 Å². The van der Waals surface area contributed by atoms with E-state index in [-0.39, 0.29) is 0 Å². The highest BCUT2D eigenvalue weighted by atomic mass is 15.1. The summed E-state index contributed by atoms with van der Waals surface area (Å²) in [6, 6.07) is 0. The monoisotopic (exact) mass is 198 g/mol. The summed E-state index contributed by atoms with van der Waals surface area (Å²) in [5.74, 6) is 0. The Bertz CT molecular complexity index is 179. The first-order valence-corrected chi connectivity index (χ1v) is 5.73. The van der Waals surface area contributed by atoms with Gasteiger partial charge in [0.25, 0.3) is 0 Å². The van der Waals surface area contributed by atoms with Gasteiger partial charge in [-0.25, -0.2) is 0 Å². The fraction of sp³-hybridized carbons (Fsp3) is 1.00. The number of rotatable bonds is 3. The molecule has 2 nitrogen and oxygen atoms in total. The first-order valence-electron chi connectivity index (χ1n) is 5.73. The van der Waals surface area contributed by atoms with Crippen LogP contribution in [0.4, 0.5) is 0 Å². The summed E-state index contributed by atoms with van der Waals surface area (Å²) in [5, 5.41) is 3.45. The predicted molar refractivity (Wildman–Crippen MR) is 62.5 cm³/mol. The second-order valence-electron chi connectivity index (χ2n) is 5.93. The van der Waals surface area contributed by atoms with E-state index >= 15 is 0 Å². The molecule has 1 fully saturated rings. The van der Waals surface area contributed by atoms with Crippen molar-refractivity contribution in [3.63, 3.8) is 0 Å². The molecule has 1 aliphatic rings. The zero-order chi connectivity index (χ0) is 10.8. The van der Waals surface area contributed by atoms with E-state index in [1.54, 1.807) is 0 Å². The standard InChI is InChI=1S/C12H26N2/c1-11(2,10-14(4)5)12(3)6-8-13-9-7-12/h13H,6-10H2,1-5H3. The van der Waals surface area contributed by atoms with Gasteiger partial charge in [-0.05, 0) is 50.9 Å². The minimum absolute atomic E-state index is 0.415. The lowest BCUT2D eigenvalue weighted by Crippen LogP contribution is -2.48. The van der Waals surface area contributed by atoms with Crippen molar-refractivity contribution in [2.24, 2.45) is 10.8 Å². The zero-order valence-electron chi connectivity index (χ0n) is 10.5. The lowest BCUT2D eigenvalue weighted by molar-refractivity contribution is 0.0285. The molecule has 0 spiro atoms. The third-order valence-corrected chi connectivity index (χ3v) is 4.05. The first-order chi connectivity index (χ1) is 6.37. The maximum absolute atomic E-state index is 3.45. The second kappa shape index (κ2) is 4.19. The highest BCUT2D eigenvalue weighted by Crippen LogP contribution is 2.45. The molecule has 2 heteroatoms. The summed E-state index contributed by atoms with van der Waals surface area (Å²) in [6.07, 6.45) is 2.63. The smallest absolute Gasteiger partial charge is 0.00318 e. The van der Waals surface area contributed by atoms with Gasteiger partial charge in [0, 0.05) is 6.54 Å². The van der Waals surface area contributed by atoms with Crippen LogP contribution in [0.5, 0.6) is 0 Å². The Kier molecular flexibility index (Phi) is 3.59. The second-order valence-corrected chi connectivity index (χ2v) is 5.93. The van der Waals surface area contributed by atoms with Crippen molar-refractivity contribution in [1.29, 1.82) is 0 Å². The molecule has 1 saturated heterocycles. The highest BCUT2D eigenvalue weighted by molar-refractivity contribution is 4.93. The Balaban J connectivity index is 2.67. The van der Waals surface area contributed by atoms with Crippen molar-refractivity contribution in [2.45, 2.75) is 33.6 Å². The summed E-state index contributed by atoms with van der Waals surface area (Å²) < 4.78 is 0. The maximum atomic E-state index is 3.45. The Labute approximate surface area is 89.1 Å². The van der Waals surface area contributed by atoms with Crippen LogP contribution in [0.2, 0.25) is 0 Å². The minimum Gasteiger partial charge on any atom is -0.317 e. The van der Waals surface area contributed by atoms with Gasteiger partial charge in [0.05, 0.1) is 0 Å². The number of hydrogen-bond acceptors (Lipinski definition) is 2. The van der Waals surface area contributed by atoms with Crippen LogP contribution in [0.1, 0.15) is 33.6 Å². The molecule has 0 aromatic rings. The molecular weight excluding hydrogens is 172 g/mol. The van der Waals surface area contributed by atoms with Gasteiger partial charge in [-0.1, -0.05) is 20.8 Å². The summed E-state index contributed by atoms with van der Waals surface area (Å²) in [7, 11) is 4.35. The predicted octanol–water partition coefficient (Wildman–Crippen LogP) is 1.96. The SMILES string of the molecule is CN(C)CC(C)(C)C1(C)CCNCC1. The average Bonchev–Trinajstić information content (AvgIpc) is 2.02. The molecule has 0 aliphatic carbocycles. The van der Waals surface area contributed by atoms with E-state index in [4.69, 9.17) is 0 Å². The normalized spacial score (nSPS) is 22.7. The van der Waals surface area contributed by atoms with E-state index in [1.807, 2.05) is 0 Å². The quantitative estimate of drug-likeness (QED) is 0.746. The van der Waals surface area contributed by atoms with Gasteiger partial charge < -0.3 is 10.2 Å². The van der Waals surface area contributed by atoms with Crippen molar-refractivity contribution in [2.75, 3.05) is 33.7 Å².